The van der Waals surface area contributed by atoms with Crippen LogP contribution in [0.3, 0.4) is 0 Å². The first kappa shape index (κ1) is 14.4. The van der Waals surface area contributed by atoms with Crippen LogP contribution in [0.1, 0.15) is 12.8 Å². The maximum Gasteiger partial charge on any atom is 0.335 e. The normalized spacial score (nSPS) is 18.6. The average Bonchev–Trinajstić information content (AvgIpc) is 2.92. The van der Waals surface area contributed by atoms with Gasteiger partial charge in [-0.2, -0.15) is 0 Å². The summed E-state index contributed by atoms with van der Waals surface area (Å²) in [6, 6.07) is 3.30. The highest BCUT2D eigenvalue weighted by atomic mass is 35.5. The lowest BCUT2D eigenvalue weighted by molar-refractivity contribution is -0.434. The second kappa shape index (κ2) is 6.92. The molecule has 20 heavy (non-hydrogen) atoms. The molecule has 0 saturated carbocycles. The monoisotopic (exact) mass is 299 g/mol. The van der Waals surface area contributed by atoms with E-state index < -0.39 is 4.92 Å². The molecular formula is C11H14ClN5O3. The highest BCUT2D eigenvalue weighted by Gasteiger charge is 2.22. The van der Waals surface area contributed by atoms with Crippen LogP contribution in [0.5, 0.6) is 0 Å². The molecule has 1 saturated heterocycles. The van der Waals surface area contributed by atoms with Crippen LogP contribution in [0.25, 0.3) is 0 Å². The predicted molar refractivity (Wildman–Crippen MR) is 73.2 cm³/mol. The molecule has 8 nitrogen and oxygen atoms in total. The topological polar surface area (TPSA) is 101 Å². The second-order valence-electron chi connectivity index (χ2n) is 4.06. The van der Waals surface area contributed by atoms with Gasteiger partial charge in [-0.15, -0.1) is 0 Å². The molecule has 0 radical (unpaired) electrons. The van der Waals surface area contributed by atoms with E-state index >= 15 is 0 Å². The van der Waals surface area contributed by atoms with Crippen LogP contribution in [0.15, 0.2) is 30.4 Å². The largest absolute Gasteiger partial charge is 0.358 e. The van der Waals surface area contributed by atoms with E-state index in [2.05, 4.69) is 21.2 Å². The fourth-order valence-corrected chi connectivity index (χ4v) is 1.74. The van der Waals surface area contributed by atoms with Gasteiger partial charge in [-0.05, 0) is 23.5 Å². The molecule has 1 fully saturated rings. The third-order valence-electron chi connectivity index (χ3n) is 2.57. The molecule has 2 rings (SSSR count). The van der Waals surface area contributed by atoms with Gasteiger partial charge in [-0.25, -0.2) is 10.3 Å². The zero-order valence-electron chi connectivity index (χ0n) is 10.5. The lowest BCUT2D eigenvalue weighted by atomic mass is 10.3. The van der Waals surface area contributed by atoms with Gasteiger partial charge in [0.05, 0.1) is 11.6 Å². The second-order valence-corrected chi connectivity index (χ2v) is 4.50. The zero-order chi connectivity index (χ0) is 14.4. The number of hydrazine groups is 1. The van der Waals surface area contributed by atoms with Crippen molar-refractivity contribution in [2.45, 2.75) is 19.1 Å². The van der Waals surface area contributed by atoms with Crippen molar-refractivity contribution < 1.29 is 9.66 Å². The molecule has 1 aromatic heterocycles. The number of halogens is 1. The number of ether oxygens (including phenoxy) is 1. The summed E-state index contributed by atoms with van der Waals surface area (Å²) in [5, 5.41) is 14.1. The van der Waals surface area contributed by atoms with Gasteiger partial charge in [0, 0.05) is 12.6 Å². The van der Waals surface area contributed by atoms with Gasteiger partial charge in [0.1, 0.15) is 12.0 Å². The van der Waals surface area contributed by atoms with Crippen LogP contribution >= 0.6 is 11.6 Å². The molecule has 1 aliphatic heterocycles. The molecule has 1 aliphatic rings. The number of nitrogens with zero attached hydrogens (tertiary/aromatic N) is 2. The third kappa shape index (κ3) is 4.25. The maximum absolute atomic E-state index is 10.9. The summed E-state index contributed by atoms with van der Waals surface area (Å²) in [5.74, 6) is 0.309. The predicted octanol–water partition coefficient (Wildman–Crippen LogP) is 1.45. The lowest BCUT2D eigenvalue weighted by Gasteiger charge is -2.10. The van der Waals surface area contributed by atoms with E-state index in [0.29, 0.717) is 17.4 Å². The Labute approximate surface area is 120 Å². The molecule has 1 aromatic rings. The van der Waals surface area contributed by atoms with Crippen LogP contribution in [0.4, 0.5) is 5.82 Å². The Bertz CT molecular complexity index is 487. The van der Waals surface area contributed by atoms with E-state index in [4.69, 9.17) is 16.3 Å². The summed E-state index contributed by atoms with van der Waals surface area (Å²) in [5.41, 5.74) is 5.30. The summed E-state index contributed by atoms with van der Waals surface area (Å²) < 4.78 is 5.28. The number of pyridine rings is 1. The van der Waals surface area contributed by atoms with Crippen molar-refractivity contribution in [3.8, 4) is 0 Å². The van der Waals surface area contributed by atoms with E-state index in [-0.39, 0.29) is 12.0 Å². The van der Waals surface area contributed by atoms with Crippen LogP contribution in [-0.2, 0) is 4.74 Å². The molecule has 0 amide bonds. The molecule has 1 atom stereocenters. The molecule has 0 spiro atoms. The highest BCUT2D eigenvalue weighted by Crippen LogP contribution is 2.11. The molecule has 108 valence electrons. The SMILES string of the molecule is O=[N+]([O-])/C(=C/NNc1ccc(Cl)cn1)N[C@H]1CCCO1. The van der Waals surface area contributed by atoms with Gasteiger partial charge in [0.15, 0.2) is 6.23 Å². The Kier molecular flexibility index (Phi) is 4.97. The number of anilines is 1. The minimum Gasteiger partial charge on any atom is -0.358 e. The molecule has 0 unspecified atom stereocenters. The van der Waals surface area contributed by atoms with Crippen LogP contribution in [0, 0.1) is 10.1 Å². The summed E-state index contributed by atoms with van der Waals surface area (Å²) in [4.78, 5) is 14.3. The number of rotatable bonds is 6. The summed E-state index contributed by atoms with van der Waals surface area (Å²) in [6.45, 7) is 0.614. The standard InChI is InChI=1S/C11H14ClN5O3/c12-8-3-4-9(13-6-8)16-14-7-10(17(18)19)15-11-2-1-5-20-11/h3-4,6-7,11,14-15H,1-2,5H2,(H,13,16)/b10-7+/t11-/m1/s1. The van der Waals surface area contributed by atoms with Gasteiger partial charge in [0.2, 0.25) is 0 Å². The van der Waals surface area contributed by atoms with Gasteiger partial charge in [-0.3, -0.25) is 10.9 Å². The minimum atomic E-state index is -0.522. The molecular weight excluding hydrogens is 286 g/mol. The first-order valence-corrected chi connectivity index (χ1v) is 6.39. The summed E-state index contributed by atoms with van der Waals surface area (Å²) >= 11 is 5.70. The van der Waals surface area contributed by atoms with Crippen molar-refractivity contribution >= 4 is 17.4 Å². The Morgan fingerprint density at radius 2 is 2.45 bits per heavy atom. The molecule has 3 N–H and O–H groups in total. The number of nitro groups is 1. The van der Waals surface area contributed by atoms with Crippen LogP contribution < -0.4 is 16.2 Å². The molecule has 2 heterocycles. The number of hydrogen-bond donors (Lipinski definition) is 3. The molecule has 9 heteroatoms. The van der Waals surface area contributed by atoms with Crippen molar-refractivity contribution in [1.29, 1.82) is 0 Å². The zero-order valence-corrected chi connectivity index (χ0v) is 11.3. The first-order chi connectivity index (χ1) is 9.65. The minimum absolute atomic E-state index is 0.182. The van der Waals surface area contributed by atoms with Gasteiger partial charge in [0.25, 0.3) is 0 Å². The third-order valence-corrected chi connectivity index (χ3v) is 2.80. The van der Waals surface area contributed by atoms with Gasteiger partial charge < -0.3 is 14.9 Å². The highest BCUT2D eigenvalue weighted by molar-refractivity contribution is 6.30. The Balaban J connectivity index is 1.88. The molecule has 0 aliphatic carbocycles. The van der Waals surface area contributed by atoms with Gasteiger partial charge in [-0.1, -0.05) is 11.6 Å². The smallest absolute Gasteiger partial charge is 0.335 e. The van der Waals surface area contributed by atoms with Crippen molar-refractivity contribution in [3.63, 3.8) is 0 Å². The van der Waals surface area contributed by atoms with Gasteiger partial charge >= 0.3 is 5.82 Å². The van der Waals surface area contributed by atoms with Crippen molar-refractivity contribution in [1.82, 2.24) is 15.7 Å². The first-order valence-electron chi connectivity index (χ1n) is 6.01. The number of nitrogens with one attached hydrogen (secondary N) is 3. The molecule has 0 aromatic carbocycles. The van der Waals surface area contributed by atoms with Crippen LogP contribution in [-0.4, -0.2) is 22.7 Å². The molecule has 0 bridgehead atoms. The summed E-state index contributed by atoms with van der Waals surface area (Å²) in [6.07, 6.45) is 3.99. The Hall–Kier alpha value is -2.06. The van der Waals surface area contributed by atoms with Crippen molar-refractivity contribution in [2.24, 2.45) is 0 Å². The Morgan fingerprint density at radius 3 is 3.05 bits per heavy atom. The fourth-order valence-electron chi connectivity index (χ4n) is 1.63. The quantitative estimate of drug-likeness (QED) is 0.540. The summed E-state index contributed by atoms with van der Waals surface area (Å²) in [7, 11) is 0. The van der Waals surface area contributed by atoms with E-state index in [0.717, 1.165) is 12.8 Å². The van der Waals surface area contributed by atoms with Crippen molar-refractivity contribution in [3.05, 3.63) is 45.5 Å². The van der Waals surface area contributed by atoms with E-state index in [9.17, 15) is 10.1 Å². The number of hydrogen-bond acceptors (Lipinski definition) is 7. The van der Waals surface area contributed by atoms with Crippen molar-refractivity contribution in [2.75, 3.05) is 12.0 Å². The number of aromatic nitrogens is 1. The fraction of sp³-hybridized carbons (Fsp3) is 0.364. The Morgan fingerprint density at radius 1 is 1.60 bits per heavy atom. The van der Waals surface area contributed by atoms with E-state index in [1.165, 1.54) is 12.4 Å². The van der Waals surface area contributed by atoms with Crippen LogP contribution in [0.2, 0.25) is 5.02 Å². The maximum atomic E-state index is 10.9. The van der Waals surface area contributed by atoms with E-state index in [1.807, 2.05) is 0 Å². The average molecular weight is 300 g/mol. The lowest BCUT2D eigenvalue weighted by Crippen LogP contribution is -2.32. The van der Waals surface area contributed by atoms with E-state index in [1.54, 1.807) is 12.1 Å².